The van der Waals surface area contributed by atoms with Crippen LogP contribution in [0.4, 0.5) is 0 Å². The maximum absolute atomic E-state index is 13.5. The predicted octanol–water partition coefficient (Wildman–Crippen LogP) is 7.37. The van der Waals surface area contributed by atoms with Gasteiger partial charge in [0.25, 0.3) is 0 Å². The summed E-state index contributed by atoms with van der Waals surface area (Å²) in [5.74, 6) is 1.23. The number of ketones is 1. The molecular weight excluding hydrogens is 550 g/mol. The quantitative estimate of drug-likeness (QED) is 0.1000. The number of benzene rings is 4. The van der Waals surface area contributed by atoms with E-state index in [0.717, 1.165) is 16.7 Å². The number of Topliss-reactive ketones (excluding diaryl/α,β-unsaturated/α-hetero) is 1. The van der Waals surface area contributed by atoms with Gasteiger partial charge in [0.2, 0.25) is 0 Å². The number of halogens is 1. The van der Waals surface area contributed by atoms with Gasteiger partial charge in [-0.05, 0) is 74.2 Å². The molecule has 0 aromatic heterocycles. The van der Waals surface area contributed by atoms with Gasteiger partial charge in [-0.3, -0.25) is 9.59 Å². The van der Waals surface area contributed by atoms with Crippen LogP contribution in [-0.2, 0) is 24.4 Å². The molecule has 1 unspecified atom stereocenters. The van der Waals surface area contributed by atoms with Gasteiger partial charge in [0, 0.05) is 18.0 Å². The monoisotopic (exact) mass is 587 g/mol. The molecule has 220 valence electrons. The van der Waals surface area contributed by atoms with E-state index < -0.39 is 6.04 Å². The molecule has 0 fully saturated rings. The van der Waals surface area contributed by atoms with Gasteiger partial charge in [-0.15, -0.1) is 12.4 Å². The molecule has 4 aromatic carbocycles. The molecule has 7 heteroatoms. The molecule has 0 amide bonds. The Hall–Kier alpha value is -4.13. The van der Waals surface area contributed by atoms with Crippen LogP contribution in [-0.4, -0.2) is 23.3 Å². The highest BCUT2D eigenvalue weighted by molar-refractivity contribution is 6.00. The van der Waals surface area contributed by atoms with Crippen molar-refractivity contribution in [1.29, 1.82) is 0 Å². The molecule has 0 saturated carbocycles. The molecule has 1 atom stereocenters. The molecule has 0 aliphatic rings. The molecule has 0 radical (unpaired) electrons. The third kappa shape index (κ3) is 9.75. The van der Waals surface area contributed by atoms with Gasteiger partial charge < -0.3 is 19.5 Å². The van der Waals surface area contributed by atoms with E-state index in [1.54, 1.807) is 30.3 Å². The Morgan fingerprint density at radius 3 is 1.83 bits per heavy atom. The number of carbonyl (C=O) groups is 2. The summed E-state index contributed by atoms with van der Waals surface area (Å²) in [6.45, 7) is 8.12. The normalized spacial score (nSPS) is 11.6. The van der Waals surface area contributed by atoms with Crippen molar-refractivity contribution in [1.82, 2.24) is 5.32 Å². The van der Waals surface area contributed by atoms with E-state index in [1.807, 2.05) is 79.7 Å². The Bertz CT molecular complexity index is 1440. The van der Waals surface area contributed by atoms with Gasteiger partial charge in [-0.25, -0.2) is 0 Å². The predicted molar refractivity (Wildman–Crippen MR) is 168 cm³/mol. The Balaban J connectivity index is 0.00000484. The Labute approximate surface area is 254 Å². The zero-order chi connectivity index (χ0) is 29.2. The van der Waals surface area contributed by atoms with Gasteiger partial charge in [0.1, 0.15) is 19.0 Å². The Kier molecular flexibility index (Phi) is 11.7. The highest BCUT2D eigenvalue weighted by atomic mass is 35.5. The van der Waals surface area contributed by atoms with Gasteiger partial charge in [0.05, 0.1) is 6.04 Å². The summed E-state index contributed by atoms with van der Waals surface area (Å²) in [6, 6.07) is 32.2. The molecule has 4 rings (SSSR count). The Morgan fingerprint density at radius 2 is 1.29 bits per heavy atom. The van der Waals surface area contributed by atoms with Crippen molar-refractivity contribution in [2.75, 3.05) is 0 Å². The van der Waals surface area contributed by atoms with Crippen molar-refractivity contribution in [3.63, 3.8) is 0 Å². The van der Waals surface area contributed by atoms with Crippen molar-refractivity contribution in [3.8, 4) is 17.2 Å². The van der Waals surface area contributed by atoms with E-state index in [2.05, 4.69) is 19.2 Å². The van der Waals surface area contributed by atoms with Crippen LogP contribution in [0.25, 0.3) is 0 Å². The second-order valence-corrected chi connectivity index (χ2v) is 10.7. The molecule has 0 aliphatic heterocycles. The van der Waals surface area contributed by atoms with Crippen LogP contribution in [0.3, 0.4) is 0 Å². The van der Waals surface area contributed by atoms with E-state index in [1.165, 1.54) is 6.92 Å². The fourth-order valence-electron chi connectivity index (χ4n) is 4.67. The minimum atomic E-state index is -0.441. The lowest BCUT2D eigenvalue weighted by Crippen LogP contribution is -2.49. The SMILES string of the molecule is CC(=O)Oc1ccc(CC(C)(C)NC(C)C(=O)c2ccc(OCc3ccccc3)c(OCc3ccccc3)c2)cc1.Cl. The molecule has 0 spiro atoms. The van der Waals surface area contributed by atoms with Crippen LogP contribution in [0.15, 0.2) is 103 Å². The number of nitrogens with one attached hydrogen (secondary N) is 1. The van der Waals surface area contributed by atoms with Crippen molar-refractivity contribution < 1.29 is 23.8 Å². The fraction of sp³-hybridized carbons (Fsp3) is 0.257. The Morgan fingerprint density at radius 1 is 0.738 bits per heavy atom. The average molecular weight is 588 g/mol. The van der Waals surface area contributed by atoms with Gasteiger partial charge in [-0.2, -0.15) is 0 Å². The van der Waals surface area contributed by atoms with Crippen molar-refractivity contribution in [2.24, 2.45) is 0 Å². The number of hydrogen-bond donors (Lipinski definition) is 1. The van der Waals surface area contributed by atoms with Crippen molar-refractivity contribution in [3.05, 3.63) is 125 Å². The minimum absolute atomic E-state index is 0. The molecule has 4 aromatic rings. The van der Waals surface area contributed by atoms with E-state index in [4.69, 9.17) is 14.2 Å². The summed E-state index contributed by atoms with van der Waals surface area (Å²) < 4.78 is 17.4. The van der Waals surface area contributed by atoms with Crippen LogP contribution in [0.1, 0.15) is 54.7 Å². The molecule has 0 bridgehead atoms. The lowest BCUT2D eigenvalue weighted by molar-refractivity contribution is -0.131. The summed E-state index contributed by atoms with van der Waals surface area (Å²) in [5.41, 5.74) is 3.30. The molecule has 1 N–H and O–H groups in total. The first-order valence-corrected chi connectivity index (χ1v) is 13.8. The molecule has 0 aliphatic carbocycles. The highest BCUT2D eigenvalue weighted by Gasteiger charge is 2.26. The highest BCUT2D eigenvalue weighted by Crippen LogP contribution is 2.31. The fourth-order valence-corrected chi connectivity index (χ4v) is 4.67. The van der Waals surface area contributed by atoms with E-state index in [9.17, 15) is 9.59 Å². The number of ether oxygens (including phenoxy) is 3. The minimum Gasteiger partial charge on any atom is -0.485 e. The first kappa shape index (κ1) is 32.4. The summed E-state index contributed by atoms with van der Waals surface area (Å²) in [6.07, 6.45) is 0.683. The van der Waals surface area contributed by atoms with Crippen molar-refractivity contribution in [2.45, 2.75) is 58.9 Å². The molecule has 6 nitrogen and oxygen atoms in total. The first-order chi connectivity index (χ1) is 19.7. The molecule has 42 heavy (non-hydrogen) atoms. The maximum atomic E-state index is 13.5. The zero-order valence-electron chi connectivity index (χ0n) is 24.5. The second-order valence-electron chi connectivity index (χ2n) is 10.7. The molecule has 0 saturated heterocycles. The third-order valence-electron chi connectivity index (χ3n) is 6.53. The van der Waals surface area contributed by atoms with Crippen LogP contribution in [0, 0.1) is 0 Å². The number of rotatable bonds is 13. The molecule has 0 heterocycles. The topological polar surface area (TPSA) is 73.9 Å². The van der Waals surface area contributed by atoms with Gasteiger partial charge in [0.15, 0.2) is 17.3 Å². The maximum Gasteiger partial charge on any atom is 0.308 e. The largest absolute Gasteiger partial charge is 0.485 e. The number of esters is 1. The number of carbonyl (C=O) groups excluding carboxylic acids is 2. The lowest BCUT2D eigenvalue weighted by atomic mass is 9.92. The van der Waals surface area contributed by atoms with E-state index in [-0.39, 0.29) is 29.7 Å². The van der Waals surface area contributed by atoms with Crippen LogP contribution >= 0.6 is 12.4 Å². The standard InChI is InChI=1S/C35H37NO5.ClH/c1-25(36-35(3,4)22-27-15-18-31(19-16-27)41-26(2)37)34(38)30-17-20-32(39-23-28-11-7-5-8-12-28)33(21-30)40-24-29-13-9-6-10-14-29;/h5-21,25,36H,22-24H2,1-4H3;1H. The number of hydrogen-bond acceptors (Lipinski definition) is 6. The van der Waals surface area contributed by atoms with E-state index in [0.29, 0.717) is 42.4 Å². The third-order valence-corrected chi connectivity index (χ3v) is 6.53. The van der Waals surface area contributed by atoms with Crippen LogP contribution < -0.4 is 19.5 Å². The summed E-state index contributed by atoms with van der Waals surface area (Å²) in [7, 11) is 0. The van der Waals surface area contributed by atoms with Crippen LogP contribution in [0.5, 0.6) is 17.2 Å². The zero-order valence-corrected chi connectivity index (χ0v) is 25.3. The summed E-state index contributed by atoms with van der Waals surface area (Å²) in [4.78, 5) is 24.7. The van der Waals surface area contributed by atoms with Crippen LogP contribution in [0.2, 0.25) is 0 Å². The summed E-state index contributed by atoms with van der Waals surface area (Å²) in [5, 5.41) is 3.48. The summed E-state index contributed by atoms with van der Waals surface area (Å²) >= 11 is 0. The second kappa shape index (κ2) is 15.2. The lowest BCUT2D eigenvalue weighted by Gasteiger charge is -2.30. The first-order valence-electron chi connectivity index (χ1n) is 13.8. The van der Waals surface area contributed by atoms with Crippen molar-refractivity contribution >= 4 is 24.2 Å². The van der Waals surface area contributed by atoms with E-state index >= 15 is 0 Å². The molecular formula is C35H38ClNO5. The average Bonchev–Trinajstić information content (AvgIpc) is 2.96. The van der Waals surface area contributed by atoms with Gasteiger partial charge >= 0.3 is 5.97 Å². The van der Waals surface area contributed by atoms with Gasteiger partial charge in [-0.1, -0.05) is 72.8 Å². The smallest absolute Gasteiger partial charge is 0.308 e.